The third-order valence-electron chi connectivity index (χ3n) is 11.5. The van der Waals surface area contributed by atoms with Gasteiger partial charge in [0.15, 0.2) is 0 Å². The van der Waals surface area contributed by atoms with Gasteiger partial charge in [0.1, 0.15) is 22.3 Å². The maximum Gasteiger partial charge on any atom is 0.145 e. The fourth-order valence-electron chi connectivity index (χ4n) is 8.82. The van der Waals surface area contributed by atoms with Gasteiger partial charge in [-0.25, -0.2) is 0 Å². The Hall–Kier alpha value is -6.84. The van der Waals surface area contributed by atoms with Crippen LogP contribution in [0.5, 0.6) is 0 Å². The first-order valence-electron chi connectivity index (χ1n) is 18.6. The molecular formula is C51H35NO2. The quantitative estimate of drug-likeness (QED) is 0.180. The minimum atomic E-state index is -0.141. The van der Waals surface area contributed by atoms with E-state index in [9.17, 15) is 0 Å². The first-order valence-corrected chi connectivity index (χ1v) is 18.6. The van der Waals surface area contributed by atoms with Gasteiger partial charge in [-0.15, -0.1) is 0 Å². The molecule has 0 fully saturated rings. The summed E-state index contributed by atoms with van der Waals surface area (Å²) in [6, 6.07) is 63.0. The summed E-state index contributed by atoms with van der Waals surface area (Å²) in [5.41, 5.74) is 16.4. The molecule has 8 aromatic carbocycles. The highest BCUT2D eigenvalue weighted by atomic mass is 16.3. The molecule has 0 amide bonds. The molecule has 2 aromatic heterocycles. The molecule has 1 aliphatic carbocycles. The fourth-order valence-corrected chi connectivity index (χ4v) is 8.82. The lowest BCUT2D eigenvalue weighted by Crippen LogP contribution is -2.17. The molecule has 0 saturated carbocycles. The van der Waals surface area contributed by atoms with Crippen molar-refractivity contribution in [3.8, 4) is 33.4 Å². The van der Waals surface area contributed by atoms with E-state index in [2.05, 4.69) is 176 Å². The lowest BCUT2D eigenvalue weighted by molar-refractivity contribution is 0.660. The van der Waals surface area contributed by atoms with Crippen LogP contribution >= 0.6 is 0 Å². The van der Waals surface area contributed by atoms with Crippen LogP contribution in [0, 0.1) is 0 Å². The van der Waals surface area contributed by atoms with Crippen LogP contribution in [0.1, 0.15) is 25.0 Å². The van der Waals surface area contributed by atoms with Gasteiger partial charge < -0.3 is 13.7 Å². The summed E-state index contributed by atoms with van der Waals surface area (Å²) in [5.74, 6) is 0. The monoisotopic (exact) mass is 693 g/mol. The van der Waals surface area contributed by atoms with Crippen LogP contribution in [0.15, 0.2) is 185 Å². The molecule has 11 rings (SSSR count). The maximum absolute atomic E-state index is 6.75. The standard InChI is InChI=1S/C51H35NO2/c1-51(2)43-17-9-6-14-37(43)38-26-25-36(31-44(38)51)52(35-23-20-32(21-24-35)34-22-29-48-42(30-34)40-16-8-10-18-46(40)53-48)45-28-27-41-39-15-7-11-19-47(39)54-50(41)49(45)33-12-4-3-5-13-33/h3-31H,1-2H3. The van der Waals surface area contributed by atoms with Crippen LogP contribution < -0.4 is 4.90 Å². The van der Waals surface area contributed by atoms with Gasteiger partial charge in [0.25, 0.3) is 0 Å². The van der Waals surface area contributed by atoms with Crippen molar-refractivity contribution in [2.45, 2.75) is 19.3 Å². The van der Waals surface area contributed by atoms with E-state index in [1.54, 1.807) is 0 Å². The van der Waals surface area contributed by atoms with Crippen molar-refractivity contribution in [2.75, 3.05) is 4.90 Å². The zero-order chi connectivity index (χ0) is 36.0. The van der Waals surface area contributed by atoms with E-state index in [0.717, 1.165) is 83.2 Å². The Bertz CT molecular complexity index is 3070. The maximum atomic E-state index is 6.75. The molecule has 0 N–H and O–H groups in total. The Morgan fingerprint density at radius 2 is 1.04 bits per heavy atom. The summed E-state index contributed by atoms with van der Waals surface area (Å²) >= 11 is 0. The fraction of sp³-hybridized carbons (Fsp3) is 0.0588. The Kier molecular flexibility index (Phi) is 6.60. The zero-order valence-electron chi connectivity index (χ0n) is 30.0. The number of furan rings is 2. The Labute approximate surface area is 313 Å². The SMILES string of the molecule is CC1(C)c2ccccc2-c2ccc(N(c3ccc(-c4ccc5oc6ccccc6c5c4)cc3)c3ccc4c(oc5ccccc54)c3-c3ccccc3)cc21. The molecule has 2 heterocycles. The van der Waals surface area contributed by atoms with Crippen molar-refractivity contribution in [2.24, 2.45) is 0 Å². The number of rotatable bonds is 5. The molecule has 0 bridgehead atoms. The average molecular weight is 694 g/mol. The van der Waals surface area contributed by atoms with Gasteiger partial charge in [-0.3, -0.25) is 0 Å². The minimum absolute atomic E-state index is 0.141. The normalized spacial score (nSPS) is 13.1. The summed E-state index contributed by atoms with van der Waals surface area (Å²) in [6.45, 7) is 4.69. The van der Waals surface area contributed by atoms with Gasteiger partial charge in [0.2, 0.25) is 0 Å². The molecule has 0 saturated heterocycles. The number of fused-ring (bicyclic) bond motifs is 9. The molecule has 0 unspecified atom stereocenters. The highest BCUT2D eigenvalue weighted by Crippen LogP contribution is 2.52. The van der Waals surface area contributed by atoms with Crippen molar-refractivity contribution in [3.63, 3.8) is 0 Å². The highest BCUT2D eigenvalue weighted by molar-refractivity contribution is 6.13. The lowest BCUT2D eigenvalue weighted by atomic mass is 9.82. The number of anilines is 3. The first kappa shape index (κ1) is 30.8. The van der Waals surface area contributed by atoms with Crippen LogP contribution in [-0.4, -0.2) is 0 Å². The first-order chi connectivity index (χ1) is 26.5. The van der Waals surface area contributed by atoms with E-state index in [1.807, 2.05) is 18.2 Å². The molecule has 10 aromatic rings. The van der Waals surface area contributed by atoms with E-state index >= 15 is 0 Å². The van der Waals surface area contributed by atoms with E-state index in [4.69, 9.17) is 8.83 Å². The topological polar surface area (TPSA) is 29.5 Å². The Balaban J connectivity index is 1.13. The van der Waals surface area contributed by atoms with E-state index in [1.165, 1.54) is 22.3 Å². The predicted molar refractivity (Wildman–Crippen MR) is 224 cm³/mol. The molecule has 54 heavy (non-hydrogen) atoms. The van der Waals surface area contributed by atoms with Gasteiger partial charge in [0.05, 0.1) is 5.69 Å². The third kappa shape index (κ3) is 4.55. The van der Waals surface area contributed by atoms with E-state index in [-0.39, 0.29) is 5.41 Å². The minimum Gasteiger partial charge on any atom is -0.456 e. The Morgan fingerprint density at radius 3 is 1.85 bits per heavy atom. The lowest BCUT2D eigenvalue weighted by Gasteiger charge is -2.30. The number of nitrogens with zero attached hydrogens (tertiary/aromatic N) is 1. The second-order valence-corrected chi connectivity index (χ2v) is 14.9. The van der Waals surface area contributed by atoms with Gasteiger partial charge in [-0.2, -0.15) is 0 Å². The van der Waals surface area contributed by atoms with Crippen molar-refractivity contribution in [1.29, 1.82) is 0 Å². The molecule has 0 radical (unpaired) electrons. The van der Waals surface area contributed by atoms with E-state index < -0.39 is 0 Å². The average Bonchev–Trinajstić information content (AvgIpc) is 3.86. The molecule has 256 valence electrons. The summed E-state index contributed by atoms with van der Waals surface area (Å²) < 4.78 is 12.9. The highest BCUT2D eigenvalue weighted by Gasteiger charge is 2.36. The predicted octanol–water partition coefficient (Wildman–Crippen LogP) is 14.6. The number of hydrogen-bond acceptors (Lipinski definition) is 3. The largest absolute Gasteiger partial charge is 0.456 e. The van der Waals surface area contributed by atoms with Crippen molar-refractivity contribution < 1.29 is 8.83 Å². The second kappa shape index (κ2) is 11.6. The third-order valence-corrected chi connectivity index (χ3v) is 11.5. The summed E-state index contributed by atoms with van der Waals surface area (Å²) in [6.07, 6.45) is 0. The van der Waals surface area contributed by atoms with Crippen LogP contribution in [0.2, 0.25) is 0 Å². The summed E-state index contributed by atoms with van der Waals surface area (Å²) in [7, 11) is 0. The van der Waals surface area contributed by atoms with Crippen LogP contribution in [0.4, 0.5) is 17.1 Å². The molecule has 0 atom stereocenters. The van der Waals surface area contributed by atoms with Crippen LogP contribution in [-0.2, 0) is 5.41 Å². The molecule has 3 heteroatoms. The number of hydrogen-bond donors (Lipinski definition) is 0. The van der Waals surface area contributed by atoms with Gasteiger partial charge in [0, 0.05) is 43.9 Å². The van der Waals surface area contributed by atoms with Gasteiger partial charge in [-0.1, -0.05) is 129 Å². The molecule has 3 nitrogen and oxygen atoms in total. The molecule has 0 spiro atoms. The molecule has 0 aliphatic heterocycles. The number of para-hydroxylation sites is 2. The Morgan fingerprint density at radius 1 is 0.407 bits per heavy atom. The van der Waals surface area contributed by atoms with Crippen molar-refractivity contribution >= 4 is 60.9 Å². The zero-order valence-corrected chi connectivity index (χ0v) is 30.0. The van der Waals surface area contributed by atoms with Crippen LogP contribution in [0.25, 0.3) is 77.3 Å². The smallest absolute Gasteiger partial charge is 0.145 e. The second-order valence-electron chi connectivity index (χ2n) is 14.9. The van der Waals surface area contributed by atoms with Crippen molar-refractivity contribution in [1.82, 2.24) is 0 Å². The van der Waals surface area contributed by atoms with Gasteiger partial charge in [-0.05, 0) is 99.6 Å². The number of benzene rings is 8. The summed E-state index contributed by atoms with van der Waals surface area (Å²) in [4.78, 5) is 2.41. The molecular weight excluding hydrogens is 659 g/mol. The van der Waals surface area contributed by atoms with Crippen molar-refractivity contribution in [3.05, 3.63) is 187 Å². The summed E-state index contributed by atoms with van der Waals surface area (Å²) in [5, 5.41) is 4.48. The molecule has 1 aliphatic rings. The van der Waals surface area contributed by atoms with E-state index in [0.29, 0.717) is 0 Å². The van der Waals surface area contributed by atoms with Crippen LogP contribution in [0.3, 0.4) is 0 Å². The van der Waals surface area contributed by atoms with Gasteiger partial charge >= 0.3 is 0 Å².